The van der Waals surface area contributed by atoms with Crippen molar-refractivity contribution in [3.05, 3.63) is 0 Å². The average Bonchev–Trinajstić information content (AvgIpc) is 0.784. The van der Waals surface area contributed by atoms with Crippen LogP contribution in [0.5, 0.6) is 0 Å². The van der Waals surface area contributed by atoms with Gasteiger partial charge in [0.15, 0.2) is 50.3 Å². The van der Waals surface area contributed by atoms with Gasteiger partial charge in [0, 0.05) is 14.2 Å². The zero-order valence-corrected chi connectivity index (χ0v) is 71.5. The predicted octanol–water partition coefficient (Wildman–Crippen LogP) is -29.2. The number of aliphatic hydroxyl groups is 44. The lowest BCUT2D eigenvalue weighted by Crippen LogP contribution is -2.65. The first-order chi connectivity index (χ1) is 63.0. The highest BCUT2D eigenvalue weighted by molar-refractivity contribution is 4.99. The second-order valence-electron chi connectivity index (χ2n) is 32.2. The summed E-state index contributed by atoms with van der Waals surface area (Å²) in [5.74, 6) is 0. The van der Waals surface area contributed by atoms with E-state index < -0.39 is 424 Å². The number of methoxy groups -OCH3 is 2. The first kappa shape index (κ1) is 122. The van der Waals surface area contributed by atoms with Crippen LogP contribution in [-0.4, -0.2) is 676 Å². The number of rotatable bonds is 44. The van der Waals surface area contributed by atoms with Gasteiger partial charge in [-0.05, 0) is 0 Å². The molecule has 796 valence electrons. The SMILES string of the molecule is CO[C@@H]([C@H](OC)[C@H](O)CO[C@@H]1O[C@H](CO)[C@@H](O[C@@H]2O[C@H](CO)[C@H](O)[C@H](O)[C@H]2O)[C@H](O)[C@H]1O)[C@H](O)CO[C@@H]1O[C@H](CO)[C@@H](O[C@@H]2O[C@H](CO)[C@H](O)[C@H](O)[C@H]2O)[C@H](O)[C@H]1O.OC[C@@H](O)[C@@H](O)[C@H](O)[C@H](O)CO[C@@H]1OC[C@@H](O)[C@H](O)[C@H]1O.OC[C@@H](O)[C@@H](O)[C@H](O)[C@H](O)CO[C@H]1OC[C@@H](O)[C@@H](O)[C@@H]1O.OC[C@H]1O[C@@H](OC[C@@H](O)[C@H](O)[C@H](O)[C@@H](O)CO[C@@H]2O[C@H](CO)[C@@H](O)[C@H](O)[C@H]2O)[C@H](O)[C@@H](O)[C@@H]1O. The summed E-state index contributed by atoms with van der Waals surface area (Å²) in [5, 5.41) is 431. The van der Waals surface area contributed by atoms with Gasteiger partial charge < -0.3 is 310 Å². The molecule has 0 aliphatic carbocycles. The third kappa shape index (κ3) is 32.3. The molecule has 0 spiro atoms. The second kappa shape index (κ2) is 58.5. The van der Waals surface area contributed by atoms with Gasteiger partial charge in [-0.15, -0.1) is 0 Å². The smallest absolute Gasteiger partial charge is 0.187 e. The van der Waals surface area contributed by atoms with Crippen molar-refractivity contribution in [1.29, 1.82) is 0 Å². The van der Waals surface area contributed by atoms with Crippen molar-refractivity contribution in [3.63, 3.8) is 0 Å². The normalized spacial score (nSPS) is 42.0. The van der Waals surface area contributed by atoms with Crippen LogP contribution < -0.4 is 0 Å². The minimum Gasteiger partial charge on any atom is -0.394 e. The van der Waals surface area contributed by atoms with Crippen LogP contribution in [0.3, 0.4) is 0 Å². The Morgan fingerprint density at radius 2 is 0.410 bits per heavy atom. The standard InChI is InChI=1S/C32H58O26.C18H34O16.2C11H22O10/c1-49-25(9(37)7-51-29-23(47)19(43)27(13(5-35)55-29)57-31-21(45)17(41)15(39)11(3-33)53-31)26(50-2)10(38)8-52-30-24(48)20(44)28(14(6-36)56-30)58-32-22(46)18(42)16(40)12(4-34)54-32;19-1-7-11(25)13(27)15(29)17(33-7)31-3-5(21)9(23)10(24)6(22)4-32-18-16(30)14(28)12(26)8(2-20)34-18;2*12-1-4(13)7(16)8(17)5(14)2-20-11-10(19)9(18)6(15)3-21-11/h9-48H,3-8H2,1-2H3;5-30H,1-4H2;2*4-19H,1-3H2/t9-,10-,11-,12-,13-,14-,15+,16+,17+,18+,19-,20-,21-,22-,23-,24-,25-,26-,27-,28-,29-,30-,31+,32+;5-,6+,7-,8-,9+,10-,11-,12-,13+,14+,15-,16-,17-,18-;4-,5-,6-,7-,8-,9+,10-,11-;4-,5-,6-,7-,8-,9-,10+,11+/m1111/s1. The van der Waals surface area contributed by atoms with Crippen LogP contribution in [0.1, 0.15) is 0 Å². The summed E-state index contributed by atoms with van der Waals surface area (Å²) in [4.78, 5) is 0. The van der Waals surface area contributed by atoms with Crippen molar-refractivity contribution in [2.45, 2.75) is 331 Å². The highest BCUT2D eigenvalue weighted by atomic mass is 16.8. The molecule has 62 heteroatoms. The molecule has 62 nitrogen and oxygen atoms in total. The van der Waals surface area contributed by atoms with Gasteiger partial charge in [0.05, 0.1) is 106 Å². The Bertz CT molecular complexity index is 2910. The highest BCUT2D eigenvalue weighted by Gasteiger charge is 2.56. The van der Waals surface area contributed by atoms with Gasteiger partial charge in [0.1, 0.15) is 281 Å². The predicted molar refractivity (Wildman–Crippen MR) is 411 cm³/mol. The van der Waals surface area contributed by atoms with E-state index >= 15 is 0 Å². The largest absolute Gasteiger partial charge is 0.394 e. The lowest BCUT2D eigenvalue weighted by atomic mass is 9.97. The number of aliphatic hydroxyl groups excluding tert-OH is 44. The fourth-order valence-electron chi connectivity index (χ4n) is 14.0. The first-order valence-corrected chi connectivity index (χ1v) is 41.6. The number of hydrogen-bond acceptors (Lipinski definition) is 62. The van der Waals surface area contributed by atoms with Gasteiger partial charge >= 0.3 is 0 Å². The molecule has 0 aromatic rings. The van der Waals surface area contributed by atoms with Gasteiger partial charge in [0.25, 0.3) is 0 Å². The lowest BCUT2D eigenvalue weighted by Gasteiger charge is -2.46. The van der Waals surface area contributed by atoms with E-state index in [4.69, 9.17) is 116 Å². The molecule has 0 saturated carbocycles. The molecule has 8 rings (SSSR count). The van der Waals surface area contributed by atoms with Crippen LogP contribution in [0.25, 0.3) is 0 Å². The van der Waals surface area contributed by atoms with Crippen LogP contribution in [0.15, 0.2) is 0 Å². The molecule has 8 aliphatic heterocycles. The van der Waals surface area contributed by atoms with Gasteiger partial charge in [-0.1, -0.05) is 0 Å². The second-order valence-corrected chi connectivity index (χ2v) is 32.2. The molecular formula is C72H136O62. The Balaban J connectivity index is 0.000000351. The Hall–Kier alpha value is -2.48. The third-order valence-electron chi connectivity index (χ3n) is 22.5. The topological polar surface area (TPSA) is 1060 Å². The molecule has 134 heavy (non-hydrogen) atoms. The van der Waals surface area contributed by atoms with Crippen LogP contribution in [0.4, 0.5) is 0 Å². The maximum atomic E-state index is 11.0. The fraction of sp³-hybridized carbons (Fsp3) is 1.00. The van der Waals surface area contributed by atoms with E-state index in [-0.39, 0.29) is 13.2 Å². The third-order valence-corrected chi connectivity index (χ3v) is 22.5. The molecule has 8 heterocycles. The molecule has 0 aromatic carbocycles. The number of hydrogen-bond donors (Lipinski definition) is 44. The molecule has 8 aliphatic rings. The molecule has 54 atom stereocenters. The average molecular weight is 1990 g/mol. The molecule has 0 radical (unpaired) electrons. The Morgan fingerprint density at radius 3 is 0.642 bits per heavy atom. The van der Waals surface area contributed by atoms with Crippen molar-refractivity contribution >= 4 is 0 Å². The zero-order valence-electron chi connectivity index (χ0n) is 71.5. The van der Waals surface area contributed by atoms with Gasteiger partial charge in [-0.2, -0.15) is 0 Å². The van der Waals surface area contributed by atoms with E-state index in [9.17, 15) is 194 Å². The molecular weight excluding hydrogens is 1860 g/mol. The summed E-state index contributed by atoms with van der Waals surface area (Å²) in [7, 11) is 2.27. The molecule has 0 bridgehead atoms. The highest BCUT2D eigenvalue weighted by Crippen LogP contribution is 2.35. The summed E-state index contributed by atoms with van der Waals surface area (Å²) in [6.45, 7) is -11.0. The van der Waals surface area contributed by atoms with Crippen LogP contribution in [0.2, 0.25) is 0 Å². The van der Waals surface area contributed by atoms with Crippen molar-refractivity contribution in [1.82, 2.24) is 0 Å². The fourth-order valence-corrected chi connectivity index (χ4v) is 14.0. The summed E-state index contributed by atoms with van der Waals surface area (Å²) >= 11 is 0. The van der Waals surface area contributed by atoms with Crippen molar-refractivity contribution in [2.24, 2.45) is 0 Å². The van der Waals surface area contributed by atoms with Gasteiger partial charge in [0.2, 0.25) is 0 Å². The van der Waals surface area contributed by atoms with E-state index in [1.54, 1.807) is 0 Å². The maximum Gasteiger partial charge on any atom is 0.187 e. The Morgan fingerprint density at radius 1 is 0.216 bits per heavy atom. The van der Waals surface area contributed by atoms with Crippen molar-refractivity contribution in [2.75, 3.05) is 120 Å². The summed E-state index contributed by atoms with van der Waals surface area (Å²) in [6, 6.07) is 0. The van der Waals surface area contributed by atoms with E-state index in [1.807, 2.05) is 0 Å². The van der Waals surface area contributed by atoms with Gasteiger partial charge in [-0.25, -0.2) is 0 Å². The summed E-state index contributed by atoms with van der Waals surface area (Å²) < 4.78 is 94.2. The van der Waals surface area contributed by atoms with E-state index in [0.717, 1.165) is 14.2 Å². The molecule has 44 N–H and O–H groups in total. The monoisotopic (exact) mass is 1990 g/mol. The molecule has 8 fully saturated rings. The Kier molecular flexibility index (Phi) is 53.2. The maximum absolute atomic E-state index is 11.0. The van der Waals surface area contributed by atoms with Crippen LogP contribution in [-0.2, 0) is 85.3 Å². The number of ether oxygens (including phenoxy) is 18. The summed E-state index contributed by atoms with van der Waals surface area (Å²) in [5.41, 5.74) is 0. The van der Waals surface area contributed by atoms with E-state index in [0.29, 0.717) is 0 Å². The first-order valence-electron chi connectivity index (χ1n) is 41.6. The van der Waals surface area contributed by atoms with Crippen molar-refractivity contribution in [3.8, 4) is 0 Å². The summed E-state index contributed by atoms with van der Waals surface area (Å²) in [6.07, 6.45) is -89.3. The minimum absolute atomic E-state index is 0.284. The van der Waals surface area contributed by atoms with E-state index in [2.05, 4.69) is 0 Å². The Labute approximate surface area is 759 Å². The van der Waals surface area contributed by atoms with E-state index in [1.165, 1.54) is 0 Å². The van der Waals surface area contributed by atoms with Crippen molar-refractivity contribution < 1.29 is 310 Å². The van der Waals surface area contributed by atoms with Crippen LogP contribution in [0, 0.1) is 0 Å². The van der Waals surface area contributed by atoms with Gasteiger partial charge in [-0.3, -0.25) is 0 Å². The van der Waals surface area contributed by atoms with Crippen LogP contribution >= 0.6 is 0 Å². The molecule has 0 unspecified atom stereocenters. The molecule has 0 aromatic heterocycles. The lowest BCUT2D eigenvalue weighted by molar-refractivity contribution is -0.361. The zero-order chi connectivity index (χ0) is 101. The minimum atomic E-state index is -2.03. The molecule has 8 saturated heterocycles. The molecule has 0 amide bonds. The quantitative estimate of drug-likeness (QED) is 0.0269.